The lowest BCUT2D eigenvalue weighted by Gasteiger charge is -2.09. The van der Waals surface area contributed by atoms with Crippen LogP contribution in [0, 0.1) is 0 Å². The van der Waals surface area contributed by atoms with Crippen LogP contribution in [0.4, 0.5) is 0 Å². The summed E-state index contributed by atoms with van der Waals surface area (Å²) in [6, 6.07) is 7.61. The number of hydrogen-bond donors (Lipinski definition) is 2. The van der Waals surface area contributed by atoms with Crippen LogP contribution < -0.4 is 14.2 Å². The summed E-state index contributed by atoms with van der Waals surface area (Å²) in [6.07, 6.45) is 2.97. The first-order valence-electron chi connectivity index (χ1n) is 7.04. The molecule has 0 spiro atoms. The van der Waals surface area contributed by atoms with Gasteiger partial charge in [0.15, 0.2) is 28.8 Å². The molecule has 0 fully saturated rings. The number of aromatic hydroxyl groups is 2. The second-order valence-corrected chi connectivity index (χ2v) is 4.86. The van der Waals surface area contributed by atoms with Gasteiger partial charge < -0.3 is 24.4 Å². The molecule has 0 saturated heterocycles. The number of methoxy groups -OCH3 is 3. The molecule has 0 amide bonds. The van der Waals surface area contributed by atoms with Crippen molar-refractivity contribution in [1.29, 1.82) is 0 Å². The molecule has 0 bridgehead atoms. The van der Waals surface area contributed by atoms with Crippen LogP contribution in [-0.2, 0) is 0 Å². The number of carbonyl (C=O) groups is 1. The number of rotatable bonds is 6. The van der Waals surface area contributed by atoms with Crippen molar-refractivity contribution < 1.29 is 29.2 Å². The maximum atomic E-state index is 12.3. The van der Waals surface area contributed by atoms with Gasteiger partial charge >= 0.3 is 0 Å². The second kappa shape index (κ2) is 7.41. The zero-order chi connectivity index (χ0) is 17.7. The highest BCUT2D eigenvalue weighted by atomic mass is 16.5. The molecule has 0 aliphatic heterocycles. The molecule has 0 aromatic heterocycles. The number of allylic oxidation sites excluding steroid dienone is 1. The molecule has 0 unspecified atom stereocenters. The first-order valence-corrected chi connectivity index (χ1v) is 7.04. The quantitative estimate of drug-likeness (QED) is 0.625. The number of ketones is 1. The smallest absolute Gasteiger partial charge is 0.200 e. The molecule has 24 heavy (non-hydrogen) atoms. The van der Waals surface area contributed by atoms with E-state index in [-0.39, 0.29) is 28.8 Å². The van der Waals surface area contributed by atoms with Crippen molar-refractivity contribution in [3.63, 3.8) is 0 Å². The Morgan fingerprint density at radius 1 is 0.917 bits per heavy atom. The van der Waals surface area contributed by atoms with E-state index < -0.39 is 0 Å². The van der Waals surface area contributed by atoms with E-state index in [1.54, 1.807) is 18.2 Å². The molecule has 0 radical (unpaired) electrons. The van der Waals surface area contributed by atoms with E-state index in [2.05, 4.69) is 0 Å². The maximum Gasteiger partial charge on any atom is 0.200 e. The van der Waals surface area contributed by atoms with E-state index in [0.29, 0.717) is 16.9 Å². The highest BCUT2D eigenvalue weighted by Gasteiger charge is 2.14. The molecule has 0 saturated carbocycles. The van der Waals surface area contributed by atoms with Gasteiger partial charge in [0, 0.05) is 5.56 Å². The van der Waals surface area contributed by atoms with E-state index in [4.69, 9.17) is 14.2 Å². The fourth-order valence-corrected chi connectivity index (χ4v) is 2.10. The number of ether oxygens (including phenoxy) is 3. The summed E-state index contributed by atoms with van der Waals surface area (Å²) in [5.41, 5.74) is 0.999. The third kappa shape index (κ3) is 3.60. The molecule has 126 valence electrons. The zero-order valence-electron chi connectivity index (χ0n) is 13.6. The van der Waals surface area contributed by atoms with Gasteiger partial charge in [0.1, 0.15) is 0 Å². The lowest BCUT2D eigenvalue weighted by Crippen LogP contribution is -1.98. The van der Waals surface area contributed by atoms with Crippen molar-refractivity contribution in [2.24, 2.45) is 0 Å². The maximum absolute atomic E-state index is 12.3. The van der Waals surface area contributed by atoms with Gasteiger partial charge in [-0.2, -0.15) is 0 Å². The number of phenolic OH excluding ortho intramolecular Hbond substituents is 2. The van der Waals surface area contributed by atoms with Crippen LogP contribution >= 0.6 is 0 Å². The molecule has 0 aliphatic rings. The standard InChI is InChI=1S/C18H18O6/c1-22-15-8-11(5-7-14(15)20)4-6-13(19)12-9-16(23-2)18(21)17(10-12)24-3/h4-10,20-21H,1-3H3. The second-order valence-electron chi connectivity index (χ2n) is 4.86. The number of phenols is 2. The average Bonchev–Trinajstić information content (AvgIpc) is 2.60. The SMILES string of the molecule is COc1cc(C=CC(=O)c2cc(OC)c(O)c(OC)c2)ccc1O. The molecular weight excluding hydrogens is 312 g/mol. The lowest BCUT2D eigenvalue weighted by molar-refractivity contribution is 0.104. The molecule has 2 aromatic rings. The topological polar surface area (TPSA) is 85.2 Å². The highest BCUT2D eigenvalue weighted by molar-refractivity contribution is 6.07. The Balaban J connectivity index is 2.29. The van der Waals surface area contributed by atoms with Crippen molar-refractivity contribution in [2.75, 3.05) is 21.3 Å². The summed E-state index contributed by atoms with van der Waals surface area (Å²) in [4.78, 5) is 12.3. The number of benzene rings is 2. The van der Waals surface area contributed by atoms with Crippen LogP contribution in [0.5, 0.6) is 28.7 Å². The fourth-order valence-electron chi connectivity index (χ4n) is 2.10. The first-order chi connectivity index (χ1) is 11.5. The summed E-state index contributed by atoms with van der Waals surface area (Å²) in [5, 5.41) is 19.4. The Morgan fingerprint density at radius 2 is 1.50 bits per heavy atom. The van der Waals surface area contributed by atoms with Crippen LogP contribution in [-0.4, -0.2) is 37.3 Å². The predicted molar refractivity (Wildman–Crippen MR) is 89.2 cm³/mol. The van der Waals surface area contributed by atoms with Crippen molar-refractivity contribution >= 4 is 11.9 Å². The van der Waals surface area contributed by atoms with Crippen molar-refractivity contribution in [3.8, 4) is 28.7 Å². The van der Waals surface area contributed by atoms with E-state index >= 15 is 0 Å². The minimum atomic E-state index is -0.293. The summed E-state index contributed by atoms with van der Waals surface area (Å²) < 4.78 is 15.1. The van der Waals surface area contributed by atoms with Crippen LogP contribution in [0.2, 0.25) is 0 Å². The average molecular weight is 330 g/mol. The molecule has 2 N–H and O–H groups in total. The third-order valence-corrected chi connectivity index (χ3v) is 3.40. The van der Waals surface area contributed by atoms with E-state index in [1.807, 2.05) is 0 Å². The summed E-state index contributed by atoms with van der Waals surface area (Å²) >= 11 is 0. The van der Waals surface area contributed by atoms with E-state index in [9.17, 15) is 15.0 Å². The summed E-state index contributed by atoms with van der Waals surface area (Å²) in [5.74, 6) is 0.184. The minimum Gasteiger partial charge on any atom is -0.504 e. The molecule has 2 rings (SSSR count). The van der Waals surface area contributed by atoms with Gasteiger partial charge in [-0.1, -0.05) is 12.1 Å². The lowest BCUT2D eigenvalue weighted by atomic mass is 10.1. The van der Waals surface area contributed by atoms with E-state index in [0.717, 1.165) is 0 Å². The van der Waals surface area contributed by atoms with Gasteiger partial charge in [-0.05, 0) is 35.9 Å². The predicted octanol–water partition coefficient (Wildman–Crippen LogP) is 3.02. The highest BCUT2D eigenvalue weighted by Crippen LogP contribution is 2.37. The molecule has 6 nitrogen and oxygen atoms in total. The molecular formula is C18H18O6. The number of carbonyl (C=O) groups excluding carboxylic acids is 1. The van der Waals surface area contributed by atoms with Gasteiger partial charge in [-0.25, -0.2) is 0 Å². The molecule has 0 aliphatic carbocycles. The Hall–Kier alpha value is -3.15. The fraction of sp³-hybridized carbons (Fsp3) is 0.167. The van der Waals surface area contributed by atoms with Gasteiger partial charge in [0.05, 0.1) is 21.3 Å². The van der Waals surface area contributed by atoms with Crippen molar-refractivity contribution in [3.05, 3.63) is 47.5 Å². The minimum absolute atomic E-state index is 0.0222. The molecule has 0 heterocycles. The Bertz CT molecular complexity index is 754. The van der Waals surface area contributed by atoms with Gasteiger partial charge in [-0.15, -0.1) is 0 Å². The normalized spacial score (nSPS) is 10.6. The third-order valence-electron chi connectivity index (χ3n) is 3.40. The molecule has 0 atom stereocenters. The summed E-state index contributed by atoms with van der Waals surface area (Å²) in [7, 11) is 4.23. The first kappa shape index (κ1) is 17.2. The van der Waals surface area contributed by atoms with Crippen LogP contribution in [0.15, 0.2) is 36.4 Å². The van der Waals surface area contributed by atoms with Gasteiger partial charge in [-0.3, -0.25) is 4.79 Å². The Morgan fingerprint density at radius 3 is 2.04 bits per heavy atom. The van der Waals surface area contributed by atoms with Crippen LogP contribution in [0.25, 0.3) is 6.08 Å². The Labute approximate surface area is 139 Å². The van der Waals surface area contributed by atoms with Crippen LogP contribution in [0.3, 0.4) is 0 Å². The molecule has 2 aromatic carbocycles. The van der Waals surface area contributed by atoms with Crippen molar-refractivity contribution in [2.45, 2.75) is 0 Å². The largest absolute Gasteiger partial charge is 0.504 e. The number of hydrogen-bond acceptors (Lipinski definition) is 6. The van der Waals surface area contributed by atoms with E-state index in [1.165, 1.54) is 45.6 Å². The van der Waals surface area contributed by atoms with Gasteiger partial charge in [0.25, 0.3) is 0 Å². The Kier molecular flexibility index (Phi) is 5.31. The van der Waals surface area contributed by atoms with Crippen LogP contribution in [0.1, 0.15) is 15.9 Å². The monoisotopic (exact) mass is 330 g/mol. The zero-order valence-corrected chi connectivity index (χ0v) is 13.6. The van der Waals surface area contributed by atoms with Crippen molar-refractivity contribution in [1.82, 2.24) is 0 Å². The summed E-state index contributed by atoms with van der Waals surface area (Å²) in [6.45, 7) is 0. The molecule has 6 heteroatoms. The van der Waals surface area contributed by atoms with Gasteiger partial charge in [0.2, 0.25) is 5.75 Å².